The molecule has 1 amide bonds. The summed E-state index contributed by atoms with van der Waals surface area (Å²) in [5.41, 5.74) is 1.71. The molecule has 3 rings (SSSR count). The SMILES string of the molecule is CCN1CCN(c2ccc(NC(=O)c3ccc(Br)cc3)nc2)CC1. The second-order valence-electron chi connectivity index (χ2n) is 5.78. The maximum Gasteiger partial charge on any atom is 0.256 e. The Morgan fingerprint density at radius 3 is 2.42 bits per heavy atom. The van der Waals surface area contributed by atoms with Crippen LogP contribution < -0.4 is 10.2 Å². The fourth-order valence-electron chi connectivity index (χ4n) is 2.76. The lowest BCUT2D eigenvalue weighted by Crippen LogP contribution is -2.46. The highest BCUT2D eigenvalue weighted by Crippen LogP contribution is 2.18. The van der Waals surface area contributed by atoms with E-state index in [2.05, 4.69) is 43.0 Å². The molecule has 0 saturated carbocycles. The summed E-state index contributed by atoms with van der Waals surface area (Å²) in [4.78, 5) is 21.4. The first kappa shape index (κ1) is 16.9. The third-order valence-electron chi connectivity index (χ3n) is 4.28. The van der Waals surface area contributed by atoms with E-state index in [-0.39, 0.29) is 5.91 Å². The summed E-state index contributed by atoms with van der Waals surface area (Å²) in [6, 6.07) is 11.1. The van der Waals surface area contributed by atoms with E-state index in [9.17, 15) is 4.79 Å². The normalized spacial score (nSPS) is 15.3. The van der Waals surface area contributed by atoms with E-state index in [0.717, 1.165) is 42.9 Å². The lowest BCUT2D eigenvalue weighted by Gasteiger charge is -2.35. The van der Waals surface area contributed by atoms with E-state index in [1.54, 1.807) is 12.1 Å². The molecular formula is C18H21BrN4O. The molecule has 24 heavy (non-hydrogen) atoms. The minimum absolute atomic E-state index is 0.153. The van der Waals surface area contributed by atoms with Gasteiger partial charge < -0.3 is 15.1 Å². The number of aromatic nitrogens is 1. The molecule has 0 aliphatic carbocycles. The Hall–Kier alpha value is -1.92. The molecule has 126 valence electrons. The Morgan fingerprint density at radius 1 is 1.12 bits per heavy atom. The van der Waals surface area contributed by atoms with Gasteiger partial charge in [0.05, 0.1) is 11.9 Å². The first-order valence-corrected chi connectivity index (χ1v) is 8.95. The van der Waals surface area contributed by atoms with Gasteiger partial charge in [0.2, 0.25) is 0 Å². The van der Waals surface area contributed by atoms with Crippen molar-refractivity contribution in [3.8, 4) is 0 Å². The maximum absolute atomic E-state index is 12.2. The Bertz CT molecular complexity index is 679. The summed E-state index contributed by atoms with van der Waals surface area (Å²) in [5.74, 6) is 0.415. The molecule has 0 radical (unpaired) electrons. The van der Waals surface area contributed by atoms with Crippen molar-refractivity contribution in [2.24, 2.45) is 0 Å². The van der Waals surface area contributed by atoms with Gasteiger partial charge in [-0.15, -0.1) is 0 Å². The van der Waals surface area contributed by atoms with Crippen LogP contribution in [0.15, 0.2) is 47.1 Å². The Balaban J connectivity index is 1.60. The first-order valence-electron chi connectivity index (χ1n) is 8.16. The van der Waals surface area contributed by atoms with Crippen LogP contribution in [0.1, 0.15) is 17.3 Å². The van der Waals surface area contributed by atoms with Crippen molar-refractivity contribution in [2.75, 3.05) is 42.9 Å². The third kappa shape index (κ3) is 4.13. The number of benzene rings is 1. The number of amides is 1. The van der Waals surface area contributed by atoms with Gasteiger partial charge in [-0.2, -0.15) is 0 Å². The molecule has 1 aliphatic rings. The van der Waals surface area contributed by atoms with Crippen molar-refractivity contribution in [1.29, 1.82) is 0 Å². The van der Waals surface area contributed by atoms with Crippen molar-refractivity contribution >= 4 is 33.3 Å². The molecule has 1 aromatic carbocycles. The van der Waals surface area contributed by atoms with E-state index in [1.165, 1.54) is 0 Å². The van der Waals surface area contributed by atoms with E-state index >= 15 is 0 Å². The molecule has 0 bridgehead atoms. The Labute approximate surface area is 150 Å². The molecule has 1 aromatic heterocycles. The van der Waals surface area contributed by atoms with Gasteiger partial charge in [-0.25, -0.2) is 4.98 Å². The minimum atomic E-state index is -0.153. The van der Waals surface area contributed by atoms with Crippen LogP contribution in [-0.4, -0.2) is 48.5 Å². The summed E-state index contributed by atoms with van der Waals surface area (Å²) in [6.07, 6.45) is 1.83. The van der Waals surface area contributed by atoms with Gasteiger partial charge in [-0.3, -0.25) is 4.79 Å². The van der Waals surface area contributed by atoms with Crippen molar-refractivity contribution in [3.63, 3.8) is 0 Å². The number of halogens is 1. The number of carbonyl (C=O) groups is 1. The van der Waals surface area contributed by atoms with Gasteiger partial charge >= 0.3 is 0 Å². The number of hydrogen-bond acceptors (Lipinski definition) is 4. The molecule has 1 N–H and O–H groups in total. The van der Waals surface area contributed by atoms with E-state index in [4.69, 9.17) is 0 Å². The molecule has 2 aromatic rings. The second-order valence-corrected chi connectivity index (χ2v) is 6.70. The number of likely N-dealkylation sites (N-methyl/N-ethyl adjacent to an activating group) is 1. The van der Waals surface area contributed by atoms with Crippen molar-refractivity contribution in [3.05, 3.63) is 52.6 Å². The predicted octanol–water partition coefficient (Wildman–Crippen LogP) is 3.24. The van der Waals surface area contributed by atoms with Crippen LogP contribution in [-0.2, 0) is 0 Å². The minimum Gasteiger partial charge on any atom is -0.368 e. The molecule has 0 atom stereocenters. The maximum atomic E-state index is 12.2. The zero-order valence-electron chi connectivity index (χ0n) is 13.7. The quantitative estimate of drug-likeness (QED) is 0.873. The van der Waals surface area contributed by atoms with Crippen LogP contribution in [0.2, 0.25) is 0 Å². The van der Waals surface area contributed by atoms with Crippen LogP contribution >= 0.6 is 15.9 Å². The van der Waals surface area contributed by atoms with Crippen LogP contribution in [0.4, 0.5) is 11.5 Å². The van der Waals surface area contributed by atoms with Gasteiger partial charge in [-0.05, 0) is 42.9 Å². The molecule has 1 fully saturated rings. The number of hydrogen-bond donors (Lipinski definition) is 1. The molecule has 0 spiro atoms. The van der Waals surface area contributed by atoms with Crippen LogP contribution in [0, 0.1) is 0 Å². The Kier molecular flexibility index (Phi) is 5.48. The van der Waals surface area contributed by atoms with Gasteiger partial charge in [-0.1, -0.05) is 22.9 Å². The van der Waals surface area contributed by atoms with Crippen molar-refractivity contribution < 1.29 is 4.79 Å². The van der Waals surface area contributed by atoms with Crippen molar-refractivity contribution in [1.82, 2.24) is 9.88 Å². The number of nitrogens with zero attached hydrogens (tertiary/aromatic N) is 3. The van der Waals surface area contributed by atoms with Gasteiger partial charge in [0, 0.05) is 36.2 Å². The monoisotopic (exact) mass is 388 g/mol. The smallest absolute Gasteiger partial charge is 0.256 e. The molecular weight excluding hydrogens is 368 g/mol. The van der Waals surface area contributed by atoms with Crippen molar-refractivity contribution in [2.45, 2.75) is 6.92 Å². The van der Waals surface area contributed by atoms with E-state index in [1.807, 2.05) is 30.5 Å². The fourth-order valence-corrected chi connectivity index (χ4v) is 3.02. The molecule has 1 aliphatic heterocycles. The number of anilines is 2. The zero-order valence-corrected chi connectivity index (χ0v) is 15.3. The van der Waals surface area contributed by atoms with Gasteiger partial charge in [0.25, 0.3) is 5.91 Å². The predicted molar refractivity (Wildman–Crippen MR) is 101 cm³/mol. The Morgan fingerprint density at radius 2 is 1.83 bits per heavy atom. The zero-order chi connectivity index (χ0) is 16.9. The molecule has 2 heterocycles. The van der Waals surface area contributed by atoms with Crippen LogP contribution in [0.5, 0.6) is 0 Å². The number of carbonyl (C=O) groups excluding carboxylic acids is 1. The summed E-state index contributed by atoms with van der Waals surface area (Å²) < 4.78 is 0.949. The average molecular weight is 389 g/mol. The van der Waals surface area contributed by atoms with Gasteiger partial charge in [0.15, 0.2) is 0 Å². The highest BCUT2D eigenvalue weighted by Gasteiger charge is 2.16. The fraction of sp³-hybridized carbons (Fsp3) is 0.333. The average Bonchev–Trinajstić information content (AvgIpc) is 2.63. The first-order chi connectivity index (χ1) is 11.7. The molecule has 5 nitrogen and oxygen atoms in total. The lowest BCUT2D eigenvalue weighted by atomic mass is 10.2. The number of rotatable bonds is 4. The molecule has 6 heteroatoms. The van der Waals surface area contributed by atoms with Gasteiger partial charge in [0.1, 0.15) is 5.82 Å². The number of piperazine rings is 1. The van der Waals surface area contributed by atoms with E-state index in [0.29, 0.717) is 11.4 Å². The number of nitrogens with one attached hydrogen (secondary N) is 1. The lowest BCUT2D eigenvalue weighted by molar-refractivity contribution is 0.102. The summed E-state index contributed by atoms with van der Waals surface area (Å²) >= 11 is 3.36. The summed E-state index contributed by atoms with van der Waals surface area (Å²) in [5, 5.41) is 2.83. The third-order valence-corrected chi connectivity index (χ3v) is 4.81. The largest absolute Gasteiger partial charge is 0.368 e. The standard InChI is InChI=1S/C18H21BrN4O/c1-2-22-9-11-23(12-10-22)16-7-8-17(20-13-16)21-18(24)14-3-5-15(19)6-4-14/h3-8,13H,2,9-12H2,1H3,(H,20,21,24). The van der Waals surface area contributed by atoms with Crippen LogP contribution in [0.25, 0.3) is 0 Å². The van der Waals surface area contributed by atoms with Crippen LogP contribution in [0.3, 0.4) is 0 Å². The highest BCUT2D eigenvalue weighted by atomic mass is 79.9. The second kappa shape index (κ2) is 7.77. The van der Waals surface area contributed by atoms with E-state index < -0.39 is 0 Å². The molecule has 0 unspecified atom stereocenters. The molecule has 1 saturated heterocycles. The topological polar surface area (TPSA) is 48.5 Å². The number of pyridine rings is 1. The highest BCUT2D eigenvalue weighted by molar-refractivity contribution is 9.10. The summed E-state index contributed by atoms with van der Waals surface area (Å²) in [7, 11) is 0. The summed E-state index contributed by atoms with van der Waals surface area (Å²) in [6.45, 7) is 7.49.